The Labute approximate surface area is 86.3 Å². The second-order valence-electron chi connectivity index (χ2n) is 2.60. The van der Waals surface area contributed by atoms with Crippen LogP contribution in [0.2, 0.25) is 0 Å². The van der Waals surface area contributed by atoms with E-state index in [1.807, 2.05) is 18.2 Å². The van der Waals surface area contributed by atoms with Crippen molar-refractivity contribution in [2.75, 3.05) is 0 Å². The Bertz CT molecular complexity index is 395. The molecule has 2 nitrogen and oxygen atoms in total. The summed E-state index contributed by atoms with van der Waals surface area (Å²) in [5.41, 5.74) is 0.767. The molecule has 4 heteroatoms. The quantitative estimate of drug-likeness (QED) is 0.837. The number of halogens is 1. The van der Waals surface area contributed by atoms with Gasteiger partial charge in [0.05, 0.1) is 5.75 Å². The molecule has 0 unspecified atom stereocenters. The van der Waals surface area contributed by atoms with Gasteiger partial charge in [0.15, 0.2) is 9.84 Å². The first-order chi connectivity index (χ1) is 6.02. The monoisotopic (exact) mass is 260 g/mol. The van der Waals surface area contributed by atoms with Gasteiger partial charge >= 0.3 is 0 Å². The van der Waals surface area contributed by atoms with Gasteiger partial charge in [0.25, 0.3) is 0 Å². The van der Waals surface area contributed by atoms with Gasteiger partial charge in [0, 0.05) is 0 Å². The summed E-state index contributed by atoms with van der Waals surface area (Å²) in [5.74, 6) is -0.00206. The van der Waals surface area contributed by atoms with Gasteiger partial charge in [0.1, 0.15) is 3.81 Å². The smallest absolute Gasteiger partial charge is 0.188 e. The van der Waals surface area contributed by atoms with Crippen molar-refractivity contribution in [1.82, 2.24) is 0 Å². The average Bonchev–Trinajstić information content (AvgIpc) is 2.05. The van der Waals surface area contributed by atoms with E-state index in [1.165, 1.54) is 0 Å². The van der Waals surface area contributed by atoms with Crippen molar-refractivity contribution in [3.63, 3.8) is 0 Å². The molecule has 0 aliphatic carbocycles. The van der Waals surface area contributed by atoms with Crippen molar-refractivity contribution in [3.05, 3.63) is 46.3 Å². The van der Waals surface area contributed by atoms with Crippen LogP contribution in [0.3, 0.4) is 0 Å². The van der Waals surface area contributed by atoms with E-state index in [2.05, 4.69) is 22.5 Å². The van der Waals surface area contributed by atoms with Crippen molar-refractivity contribution >= 4 is 25.8 Å². The molecule has 0 bridgehead atoms. The molecule has 0 amide bonds. The van der Waals surface area contributed by atoms with Gasteiger partial charge in [-0.2, -0.15) is 0 Å². The van der Waals surface area contributed by atoms with Gasteiger partial charge in [-0.05, 0) is 21.5 Å². The minimum Gasteiger partial charge on any atom is -0.223 e. The zero-order chi connectivity index (χ0) is 9.90. The lowest BCUT2D eigenvalue weighted by Crippen LogP contribution is -2.02. The van der Waals surface area contributed by atoms with Crippen LogP contribution >= 0.6 is 15.9 Å². The molecule has 0 saturated heterocycles. The molecule has 1 rings (SSSR count). The first kappa shape index (κ1) is 10.5. The molecule has 0 aliphatic rings. The van der Waals surface area contributed by atoms with E-state index in [4.69, 9.17) is 0 Å². The fourth-order valence-electron chi connectivity index (χ4n) is 0.872. The lowest BCUT2D eigenvalue weighted by atomic mass is 10.2. The van der Waals surface area contributed by atoms with Crippen molar-refractivity contribution in [2.24, 2.45) is 0 Å². The molecule has 0 saturated carbocycles. The molecule has 0 aromatic heterocycles. The van der Waals surface area contributed by atoms with Crippen LogP contribution in [-0.2, 0) is 15.6 Å². The Morgan fingerprint density at radius 1 is 1.31 bits per heavy atom. The van der Waals surface area contributed by atoms with E-state index < -0.39 is 9.84 Å². The molecular weight excluding hydrogens is 252 g/mol. The third-order valence-corrected chi connectivity index (χ3v) is 4.41. The average molecular weight is 261 g/mol. The molecule has 0 atom stereocenters. The van der Waals surface area contributed by atoms with Crippen LogP contribution in [0.5, 0.6) is 0 Å². The zero-order valence-electron chi connectivity index (χ0n) is 6.90. The van der Waals surface area contributed by atoms with E-state index >= 15 is 0 Å². The summed E-state index contributed by atoms with van der Waals surface area (Å²) in [6, 6.07) is 9.00. The second-order valence-corrected chi connectivity index (χ2v) is 6.09. The first-order valence-electron chi connectivity index (χ1n) is 3.63. The van der Waals surface area contributed by atoms with Crippen LogP contribution in [0.4, 0.5) is 0 Å². The minimum absolute atomic E-state index is 0.00206. The Hall–Kier alpha value is -0.610. The van der Waals surface area contributed by atoms with E-state index in [1.54, 1.807) is 12.1 Å². The van der Waals surface area contributed by atoms with Crippen LogP contribution in [0.15, 0.2) is 40.7 Å². The lowest BCUT2D eigenvalue weighted by molar-refractivity contribution is 0.603. The summed E-state index contributed by atoms with van der Waals surface area (Å²) in [7, 11) is -3.23. The van der Waals surface area contributed by atoms with Gasteiger partial charge in [-0.3, -0.25) is 0 Å². The maximum Gasteiger partial charge on any atom is 0.188 e. The molecule has 0 N–H and O–H groups in total. The van der Waals surface area contributed by atoms with Crippen molar-refractivity contribution in [2.45, 2.75) is 5.75 Å². The predicted molar refractivity (Wildman–Crippen MR) is 57.1 cm³/mol. The maximum atomic E-state index is 11.4. The van der Waals surface area contributed by atoms with Gasteiger partial charge in [-0.1, -0.05) is 36.9 Å². The van der Waals surface area contributed by atoms with Gasteiger partial charge in [0.2, 0.25) is 0 Å². The third kappa shape index (κ3) is 2.97. The summed E-state index contributed by atoms with van der Waals surface area (Å²) < 4.78 is 22.7. The Morgan fingerprint density at radius 3 is 2.31 bits per heavy atom. The van der Waals surface area contributed by atoms with Crippen LogP contribution in [0.1, 0.15) is 5.56 Å². The fraction of sp³-hybridized carbons (Fsp3) is 0.111. The van der Waals surface area contributed by atoms with E-state index in [0.29, 0.717) is 0 Å². The summed E-state index contributed by atoms with van der Waals surface area (Å²) >= 11 is 2.87. The SMILES string of the molecule is C=C(Br)S(=O)(=O)Cc1ccccc1. The van der Waals surface area contributed by atoms with Crippen LogP contribution in [-0.4, -0.2) is 8.42 Å². The Kier molecular flexibility index (Phi) is 3.27. The maximum absolute atomic E-state index is 11.4. The van der Waals surface area contributed by atoms with Gasteiger partial charge in [-0.25, -0.2) is 8.42 Å². The van der Waals surface area contributed by atoms with Crippen LogP contribution < -0.4 is 0 Å². The predicted octanol–water partition coefficient (Wildman–Crippen LogP) is 2.47. The Morgan fingerprint density at radius 2 is 1.85 bits per heavy atom. The molecule has 13 heavy (non-hydrogen) atoms. The highest BCUT2D eigenvalue weighted by Gasteiger charge is 2.13. The highest BCUT2D eigenvalue weighted by atomic mass is 79.9. The van der Waals surface area contributed by atoms with Crippen molar-refractivity contribution < 1.29 is 8.42 Å². The Balaban J connectivity index is 2.88. The third-order valence-electron chi connectivity index (χ3n) is 1.54. The highest BCUT2D eigenvalue weighted by Crippen LogP contribution is 2.17. The molecule has 0 spiro atoms. The second kappa shape index (κ2) is 4.07. The van der Waals surface area contributed by atoms with Crippen molar-refractivity contribution in [1.29, 1.82) is 0 Å². The highest BCUT2D eigenvalue weighted by molar-refractivity contribution is 9.13. The molecule has 0 heterocycles. The lowest BCUT2D eigenvalue weighted by Gasteiger charge is -2.01. The molecule has 70 valence electrons. The fourth-order valence-corrected chi connectivity index (χ4v) is 2.00. The van der Waals surface area contributed by atoms with Gasteiger partial charge in [-0.15, -0.1) is 0 Å². The number of hydrogen-bond acceptors (Lipinski definition) is 2. The minimum atomic E-state index is -3.23. The normalized spacial score (nSPS) is 11.2. The largest absolute Gasteiger partial charge is 0.223 e. The standard InChI is InChI=1S/C9H9BrO2S/c1-8(10)13(11,12)7-9-5-3-2-4-6-9/h2-6H,1,7H2. The zero-order valence-corrected chi connectivity index (χ0v) is 9.31. The van der Waals surface area contributed by atoms with Crippen molar-refractivity contribution in [3.8, 4) is 0 Å². The van der Waals surface area contributed by atoms with E-state index in [-0.39, 0.29) is 9.57 Å². The number of sulfone groups is 1. The molecule has 0 fully saturated rings. The molecular formula is C9H9BrO2S. The van der Waals surface area contributed by atoms with Crippen LogP contribution in [0, 0.1) is 0 Å². The van der Waals surface area contributed by atoms with Crippen LogP contribution in [0.25, 0.3) is 0 Å². The summed E-state index contributed by atoms with van der Waals surface area (Å²) in [5, 5.41) is 0. The molecule has 1 aromatic carbocycles. The van der Waals surface area contributed by atoms with E-state index in [9.17, 15) is 8.42 Å². The summed E-state index contributed by atoms with van der Waals surface area (Å²) in [6.07, 6.45) is 0. The topological polar surface area (TPSA) is 34.1 Å². The molecule has 1 aromatic rings. The number of benzene rings is 1. The number of rotatable bonds is 3. The first-order valence-corrected chi connectivity index (χ1v) is 6.08. The molecule has 0 radical (unpaired) electrons. The summed E-state index contributed by atoms with van der Waals surface area (Å²) in [4.78, 5) is 0. The van der Waals surface area contributed by atoms with E-state index in [0.717, 1.165) is 5.56 Å². The molecule has 0 aliphatic heterocycles. The summed E-state index contributed by atoms with van der Waals surface area (Å²) in [6.45, 7) is 3.35. The number of hydrogen-bond donors (Lipinski definition) is 0. The van der Waals surface area contributed by atoms with Gasteiger partial charge < -0.3 is 0 Å².